The maximum Gasteiger partial charge on any atom is 0.333 e. The Morgan fingerprint density at radius 3 is 1.41 bits per heavy atom. The van der Waals surface area contributed by atoms with Crippen molar-refractivity contribution in [2.45, 2.75) is 148 Å². The molecule has 2 aliphatic rings. The third kappa shape index (κ3) is 14.2. The van der Waals surface area contributed by atoms with Crippen molar-refractivity contribution < 1.29 is 28.6 Å². The molecule has 1 aromatic rings. The van der Waals surface area contributed by atoms with Gasteiger partial charge in [-0.25, -0.2) is 14.4 Å². The van der Waals surface area contributed by atoms with Crippen molar-refractivity contribution in [3.8, 4) is 0 Å². The number of hydrogen-bond donors (Lipinski definition) is 0. The fraction of sp³-hybridized carbons (Fsp3) is 0.659. The average Bonchev–Trinajstić information content (AvgIpc) is 3.13. The third-order valence-electron chi connectivity index (χ3n) is 11.7. The van der Waals surface area contributed by atoms with Gasteiger partial charge in [-0.3, -0.25) is 0 Å². The average molecular weight is 721 g/mol. The highest BCUT2D eigenvalue weighted by atomic mass is 28.3. The van der Waals surface area contributed by atoms with E-state index in [1.54, 1.807) is 20.8 Å². The smallest absolute Gasteiger partial charge is 0.333 e. The Bertz CT molecular complexity index is 1200. The molecule has 0 heterocycles. The molecule has 0 N–H and O–H groups in total. The Morgan fingerprint density at radius 1 is 0.608 bits per heavy atom. The van der Waals surface area contributed by atoms with Crippen LogP contribution in [0.2, 0.25) is 18.1 Å². The Balaban J connectivity index is 1.70. The molecule has 0 spiro atoms. The van der Waals surface area contributed by atoms with Crippen LogP contribution in [0.25, 0.3) is 0 Å². The van der Waals surface area contributed by atoms with Gasteiger partial charge in [-0.2, -0.15) is 0 Å². The molecule has 2 aliphatic carbocycles. The number of ether oxygens (including phenoxy) is 3. The lowest BCUT2D eigenvalue weighted by molar-refractivity contribution is -0.139. The fourth-order valence-corrected chi connectivity index (χ4v) is 13.5. The quantitative estimate of drug-likeness (QED) is 0.0390. The van der Waals surface area contributed by atoms with Crippen molar-refractivity contribution in [2.75, 3.05) is 19.8 Å². The number of hydrogen-bond acceptors (Lipinski definition) is 6. The number of unbranched alkanes of at least 4 members (excludes halogenated alkanes) is 2. The summed E-state index contributed by atoms with van der Waals surface area (Å²) in [5.41, 5.74) is 2.63. The molecular weight excluding hydrogens is 653 g/mol. The lowest BCUT2D eigenvalue weighted by atomic mass is 9.68. The zero-order chi connectivity index (χ0) is 37.2. The second-order valence-corrected chi connectivity index (χ2v) is 20.5. The second-order valence-electron chi connectivity index (χ2n) is 15.9. The summed E-state index contributed by atoms with van der Waals surface area (Å²) in [7, 11) is -2.23. The van der Waals surface area contributed by atoms with E-state index in [4.69, 9.17) is 14.2 Å². The summed E-state index contributed by atoms with van der Waals surface area (Å²) in [6.07, 6.45) is 18.8. The van der Waals surface area contributed by atoms with Crippen LogP contribution in [0.4, 0.5) is 0 Å². The van der Waals surface area contributed by atoms with Crippen LogP contribution in [0.1, 0.15) is 135 Å². The van der Waals surface area contributed by atoms with Crippen molar-refractivity contribution in [1.82, 2.24) is 0 Å². The largest absolute Gasteiger partial charge is 0.462 e. The van der Waals surface area contributed by atoms with Gasteiger partial charge >= 0.3 is 17.9 Å². The van der Waals surface area contributed by atoms with Crippen LogP contribution >= 0.6 is 0 Å². The van der Waals surface area contributed by atoms with Crippen LogP contribution in [0, 0.1) is 17.8 Å². The summed E-state index contributed by atoms with van der Waals surface area (Å²) >= 11 is 0. The number of rotatable bonds is 22. The lowest BCUT2D eigenvalue weighted by Crippen LogP contribution is -2.48. The molecule has 0 bridgehead atoms. The van der Waals surface area contributed by atoms with Crippen molar-refractivity contribution in [2.24, 2.45) is 17.8 Å². The topological polar surface area (TPSA) is 78.9 Å². The fourth-order valence-electron chi connectivity index (χ4n) is 8.57. The molecule has 0 amide bonds. The standard InChI is InChI=1S/C44H68O6Si/c1-8-9-10-14-36-15-17-37(18-16-36)38-19-21-39(22-20-38)40-23-25-41(26-24-40)51(30-11-27-48-42(45)33(2)3,31-12-28-49-43(46)34(4)5)32-13-29-50-44(47)35(6)7/h23-26,36-39H,2,4,6,8-22,27-32H2,1,3,5,7H3. The monoisotopic (exact) mass is 720 g/mol. The molecule has 2 saturated carbocycles. The van der Waals surface area contributed by atoms with Crippen molar-refractivity contribution in [3.63, 3.8) is 0 Å². The molecule has 0 aliphatic heterocycles. The molecule has 0 unspecified atom stereocenters. The van der Waals surface area contributed by atoms with E-state index >= 15 is 0 Å². The molecule has 0 atom stereocenters. The van der Waals surface area contributed by atoms with Gasteiger partial charge in [-0.15, -0.1) is 0 Å². The molecule has 0 radical (unpaired) electrons. The Morgan fingerprint density at radius 2 is 1.02 bits per heavy atom. The van der Waals surface area contributed by atoms with E-state index in [9.17, 15) is 14.4 Å². The predicted molar refractivity (Wildman–Crippen MR) is 212 cm³/mol. The van der Waals surface area contributed by atoms with Gasteiger partial charge in [0.1, 0.15) is 0 Å². The summed E-state index contributed by atoms with van der Waals surface area (Å²) in [5, 5.41) is 1.36. The van der Waals surface area contributed by atoms with E-state index < -0.39 is 8.07 Å². The van der Waals surface area contributed by atoms with E-state index in [0.717, 1.165) is 55.1 Å². The first-order valence-corrected chi connectivity index (χ1v) is 22.7. The molecular formula is C44H68O6Si. The highest BCUT2D eigenvalue weighted by molar-refractivity contribution is 6.91. The lowest BCUT2D eigenvalue weighted by Gasteiger charge is -2.38. The molecule has 2 fully saturated rings. The minimum Gasteiger partial charge on any atom is -0.462 e. The van der Waals surface area contributed by atoms with Gasteiger partial charge in [-0.05, 0) is 126 Å². The molecule has 6 nitrogen and oxygen atoms in total. The summed E-state index contributed by atoms with van der Waals surface area (Å²) in [6, 6.07) is 12.2. The number of carbonyl (C=O) groups is 3. The summed E-state index contributed by atoms with van der Waals surface area (Å²) in [6.45, 7) is 19.4. The van der Waals surface area contributed by atoms with E-state index in [0.29, 0.717) is 42.5 Å². The maximum atomic E-state index is 12.1. The first-order chi connectivity index (χ1) is 24.5. The summed E-state index contributed by atoms with van der Waals surface area (Å²) < 4.78 is 16.5. The molecule has 0 aromatic heterocycles. The van der Waals surface area contributed by atoms with Crippen LogP contribution in [-0.4, -0.2) is 45.8 Å². The Hall–Kier alpha value is -2.93. The molecule has 1 aromatic carbocycles. The van der Waals surface area contributed by atoms with E-state index in [2.05, 4.69) is 50.9 Å². The number of carbonyl (C=O) groups excluding carboxylic acids is 3. The van der Waals surface area contributed by atoms with Crippen molar-refractivity contribution >= 4 is 31.2 Å². The van der Waals surface area contributed by atoms with Gasteiger partial charge in [-0.1, -0.05) is 94.6 Å². The van der Waals surface area contributed by atoms with Crippen LogP contribution in [-0.2, 0) is 28.6 Å². The minimum absolute atomic E-state index is 0.331. The van der Waals surface area contributed by atoms with Gasteiger partial charge in [0.2, 0.25) is 0 Å². The molecule has 284 valence electrons. The van der Waals surface area contributed by atoms with E-state index in [1.165, 1.54) is 87.8 Å². The highest BCUT2D eigenvalue weighted by Crippen LogP contribution is 2.44. The van der Waals surface area contributed by atoms with Crippen LogP contribution in [0.15, 0.2) is 60.7 Å². The van der Waals surface area contributed by atoms with E-state index in [1.807, 2.05) is 0 Å². The Kier molecular flexibility index (Phi) is 18.5. The molecule has 0 saturated heterocycles. The second kappa shape index (κ2) is 22.2. The highest BCUT2D eigenvalue weighted by Gasteiger charge is 2.35. The van der Waals surface area contributed by atoms with Gasteiger partial charge in [0.25, 0.3) is 0 Å². The van der Waals surface area contributed by atoms with Crippen molar-refractivity contribution in [3.05, 3.63) is 66.3 Å². The third-order valence-corrected chi connectivity index (χ3v) is 17.2. The number of esters is 3. The molecule has 3 rings (SSSR count). The summed E-state index contributed by atoms with van der Waals surface area (Å²) in [5.74, 6) is 2.32. The maximum absolute atomic E-state index is 12.1. The van der Waals surface area contributed by atoms with Crippen LogP contribution in [0.5, 0.6) is 0 Å². The minimum atomic E-state index is -2.23. The predicted octanol–water partition coefficient (Wildman–Crippen LogP) is 10.5. The SMILES string of the molecule is C=C(C)C(=O)OCCC[Si](CCCOC(=O)C(=C)C)(CCCOC(=O)C(=C)C)c1ccc(C2CCC(C3CCC(CCCCC)CC3)CC2)cc1. The van der Waals surface area contributed by atoms with Crippen molar-refractivity contribution in [1.29, 1.82) is 0 Å². The zero-order valence-electron chi connectivity index (χ0n) is 32.5. The first kappa shape index (κ1) is 42.5. The van der Waals surface area contributed by atoms with Gasteiger partial charge in [0.05, 0.1) is 27.9 Å². The van der Waals surface area contributed by atoms with Gasteiger partial charge < -0.3 is 14.2 Å². The molecule has 51 heavy (non-hydrogen) atoms. The first-order valence-electron chi connectivity index (χ1n) is 20.0. The summed E-state index contributed by atoms with van der Waals surface area (Å²) in [4.78, 5) is 36.4. The van der Waals surface area contributed by atoms with Crippen LogP contribution in [0.3, 0.4) is 0 Å². The molecule has 7 heteroatoms. The van der Waals surface area contributed by atoms with E-state index in [-0.39, 0.29) is 17.9 Å². The van der Waals surface area contributed by atoms with Gasteiger partial charge in [0.15, 0.2) is 0 Å². The normalized spacial score (nSPS) is 20.6. The Labute approximate surface area is 310 Å². The van der Waals surface area contributed by atoms with Crippen LogP contribution < -0.4 is 5.19 Å². The zero-order valence-corrected chi connectivity index (χ0v) is 33.5. The van der Waals surface area contributed by atoms with Gasteiger partial charge in [0, 0.05) is 16.7 Å². The number of benzene rings is 1.